The number of rotatable bonds is 8. The highest BCUT2D eigenvalue weighted by atomic mass is 32.2. The number of hydrogen-bond acceptors (Lipinski definition) is 7. The van der Waals surface area contributed by atoms with E-state index in [9.17, 15) is 19.2 Å². The summed E-state index contributed by atoms with van der Waals surface area (Å²) in [4.78, 5) is 46.2. The molecular formula is C16H24N2O6S. The number of allylic oxidation sites excluding steroid dienone is 1. The predicted molar refractivity (Wildman–Crippen MR) is 92.9 cm³/mol. The second-order valence-electron chi connectivity index (χ2n) is 6.08. The van der Waals surface area contributed by atoms with E-state index in [1.807, 2.05) is 0 Å². The molecule has 1 aliphatic heterocycles. The summed E-state index contributed by atoms with van der Waals surface area (Å²) < 4.78 is 9.70. The number of carbonyl (C=O) groups excluding carboxylic acids is 4. The molecule has 1 aliphatic rings. The molecule has 0 radical (unpaired) electrons. The molecule has 0 aromatic carbocycles. The SMILES string of the molecule is C/C=C/C(=O)SCCNC(=O)CCNC(=O)[C@@H]1OC(=O)OCC1(C)C. The van der Waals surface area contributed by atoms with Crippen molar-refractivity contribution in [2.45, 2.75) is 33.3 Å². The number of cyclic esters (lactones) is 2. The molecular weight excluding hydrogens is 348 g/mol. The van der Waals surface area contributed by atoms with Crippen LogP contribution >= 0.6 is 11.8 Å². The van der Waals surface area contributed by atoms with Gasteiger partial charge in [0.25, 0.3) is 5.91 Å². The molecule has 0 bridgehead atoms. The summed E-state index contributed by atoms with van der Waals surface area (Å²) >= 11 is 1.12. The topological polar surface area (TPSA) is 111 Å². The van der Waals surface area contributed by atoms with Crippen LogP contribution < -0.4 is 10.6 Å². The van der Waals surface area contributed by atoms with Crippen LogP contribution in [-0.4, -0.2) is 54.6 Å². The van der Waals surface area contributed by atoms with Gasteiger partial charge in [0, 0.05) is 30.7 Å². The Bertz CT molecular complexity index is 547. The minimum atomic E-state index is -0.953. The average Bonchev–Trinajstić information content (AvgIpc) is 2.54. The molecule has 8 nitrogen and oxygen atoms in total. The maximum absolute atomic E-state index is 12.1. The molecule has 140 valence electrons. The maximum atomic E-state index is 12.1. The van der Waals surface area contributed by atoms with Crippen molar-refractivity contribution in [2.24, 2.45) is 5.41 Å². The lowest BCUT2D eigenvalue weighted by atomic mass is 9.86. The van der Waals surface area contributed by atoms with E-state index in [1.54, 1.807) is 26.8 Å². The minimum Gasteiger partial charge on any atom is -0.434 e. The molecule has 1 rings (SSSR count). The molecule has 1 heterocycles. The second kappa shape index (κ2) is 10.1. The van der Waals surface area contributed by atoms with Gasteiger partial charge >= 0.3 is 6.16 Å². The van der Waals surface area contributed by atoms with Gasteiger partial charge in [-0.1, -0.05) is 31.7 Å². The standard InChI is InChI=1S/C16H24N2O6S/c1-4-5-12(20)25-9-8-17-11(19)6-7-18-14(21)13-16(2,3)10-23-15(22)24-13/h4-5,13H,6-10H2,1-3H3,(H,17,19)(H,18,21)/b5-4+/t13-/m0/s1. The Hall–Kier alpha value is -2.03. The fourth-order valence-corrected chi connectivity index (χ4v) is 2.66. The van der Waals surface area contributed by atoms with Crippen molar-refractivity contribution in [3.8, 4) is 0 Å². The van der Waals surface area contributed by atoms with Gasteiger partial charge in [0.2, 0.25) is 11.0 Å². The fourth-order valence-electron chi connectivity index (χ4n) is 2.03. The maximum Gasteiger partial charge on any atom is 0.509 e. The van der Waals surface area contributed by atoms with Gasteiger partial charge in [-0.05, 0) is 13.0 Å². The zero-order valence-corrected chi connectivity index (χ0v) is 15.4. The Balaban J connectivity index is 2.23. The van der Waals surface area contributed by atoms with Crippen molar-refractivity contribution in [3.63, 3.8) is 0 Å². The van der Waals surface area contributed by atoms with Gasteiger partial charge in [0.05, 0.1) is 0 Å². The average molecular weight is 372 g/mol. The summed E-state index contributed by atoms with van der Waals surface area (Å²) in [6.45, 7) is 5.85. The first-order valence-electron chi connectivity index (χ1n) is 7.93. The van der Waals surface area contributed by atoms with Crippen LogP contribution in [0.1, 0.15) is 27.2 Å². The van der Waals surface area contributed by atoms with Crippen LogP contribution in [0.4, 0.5) is 4.79 Å². The molecule has 2 N–H and O–H groups in total. The van der Waals surface area contributed by atoms with E-state index in [-0.39, 0.29) is 30.6 Å². The summed E-state index contributed by atoms with van der Waals surface area (Å²) in [7, 11) is 0. The van der Waals surface area contributed by atoms with Crippen LogP contribution in [0.15, 0.2) is 12.2 Å². The summed E-state index contributed by atoms with van der Waals surface area (Å²) in [5.74, 6) is -0.211. The minimum absolute atomic E-state index is 0.0577. The van der Waals surface area contributed by atoms with Crippen LogP contribution in [-0.2, 0) is 23.9 Å². The van der Waals surface area contributed by atoms with Crippen molar-refractivity contribution in [1.29, 1.82) is 0 Å². The van der Waals surface area contributed by atoms with Crippen LogP contribution in [0.3, 0.4) is 0 Å². The number of amides is 2. The molecule has 1 fully saturated rings. The highest BCUT2D eigenvalue weighted by Crippen LogP contribution is 2.28. The summed E-state index contributed by atoms with van der Waals surface area (Å²) in [6.07, 6.45) is 1.39. The van der Waals surface area contributed by atoms with Crippen LogP contribution in [0, 0.1) is 5.41 Å². The van der Waals surface area contributed by atoms with E-state index in [0.29, 0.717) is 12.3 Å². The highest BCUT2D eigenvalue weighted by molar-refractivity contribution is 8.14. The van der Waals surface area contributed by atoms with Crippen molar-refractivity contribution in [3.05, 3.63) is 12.2 Å². The normalized spacial score (nSPS) is 19.0. The molecule has 0 saturated carbocycles. The summed E-state index contributed by atoms with van der Waals surface area (Å²) in [6, 6.07) is 0. The van der Waals surface area contributed by atoms with Gasteiger partial charge in [-0.15, -0.1) is 0 Å². The largest absolute Gasteiger partial charge is 0.509 e. The van der Waals surface area contributed by atoms with Gasteiger partial charge in [0.1, 0.15) is 6.61 Å². The van der Waals surface area contributed by atoms with Gasteiger partial charge in [-0.2, -0.15) is 0 Å². The van der Waals surface area contributed by atoms with Crippen LogP contribution in [0.2, 0.25) is 0 Å². The quantitative estimate of drug-likeness (QED) is 0.371. The highest BCUT2D eigenvalue weighted by Gasteiger charge is 2.43. The smallest absolute Gasteiger partial charge is 0.434 e. The Labute approximate surface area is 151 Å². The third-order valence-corrected chi connectivity index (χ3v) is 4.18. The van der Waals surface area contributed by atoms with E-state index < -0.39 is 23.6 Å². The molecule has 0 aliphatic carbocycles. The van der Waals surface area contributed by atoms with Crippen LogP contribution in [0.5, 0.6) is 0 Å². The van der Waals surface area contributed by atoms with Crippen molar-refractivity contribution >= 4 is 34.8 Å². The van der Waals surface area contributed by atoms with E-state index in [4.69, 9.17) is 9.47 Å². The molecule has 25 heavy (non-hydrogen) atoms. The molecule has 0 unspecified atom stereocenters. The first-order valence-corrected chi connectivity index (χ1v) is 8.92. The van der Waals surface area contributed by atoms with Gasteiger partial charge in [0.15, 0.2) is 6.10 Å². The van der Waals surface area contributed by atoms with E-state index in [1.165, 1.54) is 6.08 Å². The molecule has 0 spiro atoms. The number of nitrogens with one attached hydrogen (secondary N) is 2. The lowest BCUT2D eigenvalue weighted by molar-refractivity contribution is -0.149. The van der Waals surface area contributed by atoms with Gasteiger partial charge in [-0.25, -0.2) is 4.79 Å². The van der Waals surface area contributed by atoms with Gasteiger partial charge in [-0.3, -0.25) is 14.4 Å². The molecule has 1 saturated heterocycles. The number of ether oxygens (including phenoxy) is 2. The summed E-state index contributed by atoms with van der Waals surface area (Å²) in [5, 5.41) is 5.19. The first-order chi connectivity index (χ1) is 11.8. The second-order valence-corrected chi connectivity index (χ2v) is 7.18. The van der Waals surface area contributed by atoms with Crippen LogP contribution in [0.25, 0.3) is 0 Å². The van der Waals surface area contributed by atoms with Crippen molar-refractivity contribution < 1.29 is 28.7 Å². The lowest BCUT2D eigenvalue weighted by Crippen LogP contribution is -2.52. The van der Waals surface area contributed by atoms with E-state index in [2.05, 4.69) is 10.6 Å². The first kappa shape index (κ1) is 21.0. The molecule has 0 aromatic rings. The van der Waals surface area contributed by atoms with Gasteiger partial charge < -0.3 is 20.1 Å². The number of hydrogen-bond donors (Lipinski definition) is 2. The predicted octanol–water partition coefficient (Wildman–Crippen LogP) is 1.01. The monoisotopic (exact) mass is 372 g/mol. The zero-order valence-electron chi connectivity index (χ0n) is 14.6. The number of thioether (sulfide) groups is 1. The van der Waals surface area contributed by atoms with Crippen molar-refractivity contribution in [1.82, 2.24) is 10.6 Å². The Morgan fingerprint density at radius 1 is 1.28 bits per heavy atom. The third-order valence-electron chi connectivity index (χ3n) is 3.35. The number of carbonyl (C=O) groups is 4. The van der Waals surface area contributed by atoms with E-state index in [0.717, 1.165) is 11.8 Å². The zero-order chi connectivity index (χ0) is 18.9. The molecule has 0 aromatic heterocycles. The van der Waals surface area contributed by atoms with E-state index >= 15 is 0 Å². The Morgan fingerprint density at radius 3 is 2.68 bits per heavy atom. The summed E-state index contributed by atoms with van der Waals surface area (Å²) in [5.41, 5.74) is -0.642. The Kier molecular flexibility index (Phi) is 8.47. The lowest BCUT2D eigenvalue weighted by Gasteiger charge is -2.35. The molecule has 1 atom stereocenters. The fraction of sp³-hybridized carbons (Fsp3) is 0.625. The third kappa shape index (κ3) is 7.59. The van der Waals surface area contributed by atoms with Crippen molar-refractivity contribution in [2.75, 3.05) is 25.4 Å². The Morgan fingerprint density at radius 2 is 2.00 bits per heavy atom. The molecule has 2 amide bonds. The molecule has 9 heteroatoms.